The molecule has 1 aliphatic heterocycles. The van der Waals surface area contributed by atoms with Gasteiger partial charge < -0.3 is 15.5 Å². The fourth-order valence-corrected chi connectivity index (χ4v) is 3.76. The maximum absolute atomic E-state index is 12.2. The third kappa shape index (κ3) is 4.74. The van der Waals surface area contributed by atoms with Crippen molar-refractivity contribution >= 4 is 17.6 Å². The summed E-state index contributed by atoms with van der Waals surface area (Å²) in [5, 5.41) is 6.53. The van der Waals surface area contributed by atoms with Crippen LogP contribution in [-0.2, 0) is 11.2 Å². The zero-order chi connectivity index (χ0) is 17.5. The lowest BCUT2D eigenvalue weighted by Crippen LogP contribution is -2.41. The van der Waals surface area contributed by atoms with E-state index in [1.54, 1.807) is 0 Å². The van der Waals surface area contributed by atoms with Gasteiger partial charge in [0.25, 0.3) is 0 Å². The fraction of sp³-hybridized carbons (Fsp3) is 0.600. The van der Waals surface area contributed by atoms with Crippen molar-refractivity contribution in [3.63, 3.8) is 0 Å². The molecule has 1 aliphatic carbocycles. The van der Waals surface area contributed by atoms with Gasteiger partial charge in [0.1, 0.15) is 0 Å². The van der Waals surface area contributed by atoms with Gasteiger partial charge in [-0.05, 0) is 37.8 Å². The summed E-state index contributed by atoms with van der Waals surface area (Å²) < 4.78 is 0. The highest BCUT2D eigenvalue weighted by Gasteiger charge is 2.22. The van der Waals surface area contributed by atoms with Crippen molar-refractivity contribution in [2.75, 3.05) is 24.5 Å². The van der Waals surface area contributed by atoms with Gasteiger partial charge in [0.05, 0.1) is 6.54 Å². The smallest absolute Gasteiger partial charge is 0.222 e. The molecule has 1 amide bonds. The van der Waals surface area contributed by atoms with Gasteiger partial charge in [0.15, 0.2) is 5.96 Å². The number of amides is 1. The van der Waals surface area contributed by atoms with Crippen LogP contribution >= 0.6 is 0 Å². The summed E-state index contributed by atoms with van der Waals surface area (Å²) in [6.45, 7) is 4.37. The first-order chi connectivity index (χ1) is 12.3. The van der Waals surface area contributed by atoms with Crippen LogP contribution in [-0.4, -0.2) is 37.5 Å². The van der Waals surface area contributed by atoms with E-state index in [-0.39, 0.29) is 5.91 Å². The number of nitrogens with zero attached hydrogens (tertiary/aromatic N) is 2. The minimum absolute atomic E-state index is 0.133. The Morgan fingerprint density at radius 2 is 2.04 bits per heavy atom. The van der Waals surface area contributed by atoms with Crippen molar-refractivity contribution in [3.05, 3.63) is 29.8 Å². The normalized spacial score (nSPS) is 18.1. The molecule has 0 spiro atoms. The monoisotopic (exact) mass is 342 g/mol. The lowest BCUT2D eigenvalue weighted by Gasteiger charge is -2.23. The summed E-state index contributed by atoms with van der Waals surface area (Å²) in [5.41, 5.74) is 2.59. The summed E-state index contributed by atoms with van der Waals surface area (Å²) in [4.78, 5) is 19.1. The van der Waals surface area contributed by atoms with E-state index in [9.17, 15) is 4.79 Å². The summed E-state index contributed by atoms with van der Waals surface area (Å²) in [6.07, 6.45) is 7.54. The van der Waals surface area contributed by atoms with E-state index in [2.05, 4.69) is 46.7 Å². The predicted octanol–water partition coefficient (Wildman–Crippen LogP) is 2.85. The van der Waals surface area contributed by atoms with Crippen LogP contribution < -0.4 is 15.5 Å². The number of carbonyl (C=O) groups is 1. The molecular weight excluding hydrogens is 312 g/mol. The average Bonchev–Trinajstić information content (AvgIpc) is 3.06. The Morgan fingerprint density at radius 3 is 2.84 bits per heavy atom. The Morgan fingerprint density at radius 1 is 1.24 bits per heavy atom. The zero-order valence-electron chi connectivity index (χ0n) is 15.3. The number of anilines is 1. The summed E-state index contributed by atoms with van der Waals surface area (Å²) in [6, 6.07) is 8.85. The Bertz CT molecular complexity index is 607. The average molecular weight is 342 g/mol. The Balaban J connectivity index is 1.55. The topological polar surface area (TPSA) is 56.7 Å². The molecule has 1 saturated carbocycles. The SMILES string of the molecule is CCNC(=NCCC(=O)NC1CCCCC1)N1CCc2ccccc21. The van der Waals surface area contributed by atoms with E-state index in [1.165, 1.54) is 30.5 Å². The fourth-order valence-electron chi connectivity index (χ4n) is 3.76. The Hall–Kier alpha value is -2.04. The molecule has 0 radical (unpaired) electrons. The van der Waals surface area contributed by atoms with Crippen LogP contribution in [0.5, 0.6) is 0 Å². The van der Waals surface area contributed by atoms with E-state index < -0.39 is 0 Å². The second-order valence-corrected chi connectivity index (χ2v) is 6.92. The third-order valence-corrected chi connectivity index (χ3v) is 5.05. The number of benzene rings is 1. The Labute approximate surface area is 150 Å². The summed E-state index contributed by atoms with van der Waals surface area (Å²) in [7, 11) is 0. The van der Waals surface area contributed by atoms with Gasteiger partial charge in [0.2, 0.25) is 5.91 Å². The van der Waals surface area contributed by atoms with Crippen molar-refractivity contribution in [1.82, 2.24) is 10.6 Å². The number of para-hydroxylation sites is 1. The van der Waals surface area contributed by atoms with Crippen molar-refractivity contribution in [2.45, 2.75) is 57.9 Å². The van der Waals surface area contributed by atoms with Crippen molar-refractivity contribution < 1.29 is 4.79 Å². The zero-order valence-corrected chi connectivity index (χ0v) is 15.3. The highest BCUT2D eigenvalue weighted by molar-refractivity contribution is 5.98. The van der Waals surface area contributed by atoms with E-state index in [4.69, 9.17) is 4.99 Å². The summed E-state index contributed by atoms with van der Waals surface area (Å²) >= 11 is 0. The molecule has 2 aliphatic rings. The van der Waals surface area contributed by atoms with Crippen molar-refractivity contribution in [1.29, 1.82) is 0 Å². The molecule has 1 aromatic carbocycles. The second-order valence-electron chi connectivity index (χ2n) is 6.92. The highest BCUT2D eigenvalue weighted by atomic mass is 16.1. The third-order valence-electron chi connectivity index (χ3n) is 5.05. The molecule has 1 heterocycles. The minimum atomic E-state index is 0.133. The molecule has 5 nitrogen and oxygen atoms in total. The lowest BCUT2D eigenvalue weighted by molar-refractivity contribution is -0.121. The number of nitrogens with one attached hydrogen (secondary N) is 2. The predicted molar refractivity (Wildman–Crippen MR) is 103 cm³/mol. The molecule has 0 atom stereocenters. The first kappa shape index (κ1) is 17.8. The van der Waals surface area contributed by atoms with Gasteiger partial charge in [-0.25, -0.2) is 0 Å². The number of fused-ring (bicyclic) bond motifs is 1. The largest absolute Gasteiger partial charge is 0.356 e. The standard InChI is InChI=1S/C20H30N4O/c1-2-21-20(24-15-13-16-8-6-7-11-18(16)24)22-14-12-19(25)23-17-9-4-3-5-10-17/h6-8,11,17H,2-5,9-10,12-15H2,1H3,(H,21,22)(H,23,25). The van der Waals surface area contributed by atoms with Crippen LogP contribution in [0, 0.1) is 0 Å². The van der Waals surface area contributed by atoms with Gasteiger partial charge in [-0.3, -0.25) is 9.79 Å². The van der Waals surface area contributed by atoms with Crippen molar-refractivity contribution in [3.8, 4) is 0 Å². The number of aliphatic imine (C=N–C) groups is 1. The number of hydrogen-bond acceptors (Lipinski definition) is 2. The molecular formula is C20H30N4O. The summed E-state index contributed by atoms with van der Waals surface area (Å²) in [5.74, 6) is 1.02. The number of guanidine groups is 1. The maximum atomic E-state index is 12.2. The van der Waals surface area contributed by atoms with Crippen LogP contribution in [0.15, 0.2) is 29.3 Å². The molecule has 3 rings (SSSR count). The molecule has 1 fully saturated rings. The molecule has 2 N–H and O–H groups in total. The second kappa shape index (κ2) is 8.88. The Kier molecular flexibility index (Phi) is 6.31. The molecule has 0 aromatic heterocycles. The van der Waals surface area contributed by atoms with E-state index in [0.29, 0.717) is 19.0 Å². The quantitative estimate of drug-likeness (QED) is 0.639. The van der Waals surface area contributed by atoms with Crippen LogP contribution in [0.3, 0.4) is 0 Å². The maximum Gasteiger partial charge on any atom is 0.222 e. The lowest BCUT2D eigenvalue weighted by atomic mass is 9.95. The van der Waals surface area contributed by atoms with Crippen LogP contribution in [0.1, 0.15) is 51.0 Å². The first-order valence-electron chi connectivity index (χ1n) is 9.71. The van der Waals surface area contributed by atoms with Gasteiger partial charge >= 0.3 is 0 Å². The molecule has 1 aromatic rings. The van der Waals surface area contributed by atoms with Crippen molar-refractivity contribution in [2.24, 2.45) is 4.99 Å². The van der Waals surface area contributed by atoms with Gasteiger partial charge in [-0.15, -0.1) is 0 Å². The number of hydrogen-bond donors (Lipinski definition) is 2. The highest BCUT2D eigenvalue weighted by Crippen LogP contribution is 2.27. The van der Waals surface area contributed by atoms with Gasteiger partial charge in [-0.1, -0.05) is 37.5 Å². The molecule has 0 bridgehead atoms. The van der Waals surface area contributed by atoms with E-state index in [0.717, 1.165) is 38.3 Å². The van der Waals surface area contributed by atoms with Crippen LogP contribution in [0.2, 0.25) is 0 Å². The number of rotatable bonds is 5. The van der Waals surface area contributed by atoms with E-state index in [1.807, 2.05) is 0 Å². The van der Waals surface area contributed by atoms with Crippen LogP contribution in [0.25, 0.3) is 0 Å². The molecule has 0 unspecified atom stereocenters. The van der Waals surface area contributed by atoms with Crippen LogP contribution in [0.4, 0.5) is 5.69 Å². The molecule has 25 heavy (non-hydrogen) atoms. The molecule has 0 saturated heterocycles. The van der Waals surface area contributed by atoms with Gasteiger partial charge in [0, 0.05) is 31.2 Å². The molecule has 136 valence electrons. The minimum Gasteiger partial charge on any atom is -0.356 e. The first-order valence-corrected chi connectivity index (χ1v) is 9.71. The molecule has 5 heteroatoms. The number of carbonyl (C=O) groups excluding carboxylic acids is 1. The van der Waals surface area contributed by atoms with Gasteiger partial charge in [-0.2, -0.15) is 0 Å². The van der Waals surface area contributed by atoms with E-state index >= 15 is 0 Å².